The van der Waals surface area contributed by atoms with Gasteiger partial charge in [0.05, 0.1) is 93.8 Å². The van der Waals surface area contributed by atoms with Crippen LogP contribution < -0.4 is 15.1 Å². The first kappa shape index (κ1) is 88.7. The van der Waals surface area contributed by atoms with Crippen molar-refractivity contribution in [3.8, 4) is 0 Å². The van der Waals surface area contributed by atoms with E-state index in [1.54, 1.807) is 42.7 Å². The minimum Gasteiger partial charge on any atom is -0.480 e. The Kier molecular flexibility index (Phi) is 28.6. The lowest BCUT2D eigenvalue weighted by molar-refractivity contribution is -0.147. The molecule has 5 aliphatic rings. The number of ketones is 4. The molecule has 596 valence electrons. The van der Waals surface area contributed by atoms with Crippen molar-refractivity contribution < 1.29 is 92.6 Å². The SMILES string of the molecule is CC(C)(C)OC(=O)N1CC[C@H]1C(=O)Cc1cc(C(C)(C)C)on1.CC(C)(C)OC(=O)N1CC[C@H]1C(=O)O.CC(C)(C)c1cc(CC(=O)[C@@H]2CCN2)no1.CC(C)(C)c1cc(CC(=O)[C@@H]2CCN2c2ncc(C(F)(F)F)cc2Cl)no1.CC(C)(C)c1cc(CC(=O)[C@@H]2CCN2c2ncc(C(F)(F)F)cc2Cl)no1.Cl. The number of ether oxygens (including phenoxy) is 2. The standard InChI is InChI=1S/2C18H19ClF3N3O2.C17H26N2O4.C12H18N2O2.C9H15NO4.ClH/c2*1-17(2,3)15-8-11(24-27-15)7-14(26)13-4-5-25(13)16-12(19)6-10(9-23-16)18(20,21)22;1-16(2,3)14-10-11(18-23-14)9-13(20)12-7-8-19(12)15(21)22-17(4,5)6;1-12(2,3)11-7-8(14-16-11)6-10(15)9-4-5-13-9;1-9(2,3)14-8(13)10-5-4-6(10)7(11)12;/h2*6,8-9,13H,4-5,7H2,1-3H3;10,12H,7-9H2,1-6H3;7,9,13H,4-6H2,1-3H3;6H,4-5H2,1-3H3,(H,11,12);1H/t2*13-;12-;9-;6-;/m00000./s1. The molecule has 0 aromatic carbocycles. The van der Waals surface area contributed by atoms with Crippen LogP contribution in [-0.4, -0.2) is 161 Å². The molecule has 5 fully saturated rings. The van der Waals surface area contributed by atoms with Gasteiger partial charge in [0, 0.05) is 84.5 Å². The van der Waals surface area contributed by atoms with Crippen LogP contribution in [0.2, 0.25) is 10.0 Å². The number of nitrogens with zero attached hydrogens (tertiary/aromatic N) is 10. The molecule has 25 nitrogen and oxygen atoms in total. The molecule has 0 aliphatic carbocycles. The number of pyridine rings is 2. The number of carbonyl (C=O) groups is 7. The zero-order valence-electron chi connectivity index (χ0n) is 64.1. The van der Waals surface area contributed by atoms with E-state index in [9.17, 15) is 59.9 Å². The number of Topliss-reactive ketones (excluding diaryl/α,β-unsaturated/α-hetero) is 4. The number of carbonyl (C=O) groups excluding carboxylic acids is 6. The molecule has 5 aliphatic heterocycles. The van der Waals surface area contributed by atoms with Gasteiger partial charge in [-0.3, -0.25) is 29.0 Å². The normalized spacial score (nSPS) is 18.6. The summed E-state index contributed by atoms with van der Waals surface area (Å²) < 4.78 is 108. The summed E-state index contributed by atoms with van der Waals surface area (Å²) in [7, 11) is 0. The van der Waals surface area contributed by atoms with Crippen LogP contribution >= 0.6 is 35.6 Å². The second-order valence-electron chi connectivity index (χ2n) is 32.9. The summed E-state index contributed by atoms with van der Waals surface area (Å²) in [6.45, 7) is 37.8. The van der Waals surface area contributed by atoms with Gasteiger partial charge >= 0.3 is 30.5 Å². The molecule has 5 atom stereocenters. The number of aromatic nitrogens is 6. The Bertz CT molecular complexity index is 3990. The van der Waals surface area contributed by atoms with Gasteiger partial charge in [0.15, 0.2) is 23.1 Å². The molecule has 11 heterocycles. The second-order valence-corrected chi connectivity index (χ2v) is 33.8. The summed E-state index contributed by atoms with van der Waals surface area (Å²) in [6.07, 6.45) is -4.55. The molecule has 0 bridgehead atoms. The first-order valence-corrected chi connectivity index (χ1v) is 35.8. The molecule has 0 saturated carbocycles. The van der Waals surface area contributed by atoms with Crippen LogP contribution in [0.1, 0.15) is 214 Å². The molecule has 34 heteroatoms. The first-order valence-electron chi connectivity index (χ1n) is 35.1. The van der Waals surface area contributed by atoms with E-state index in [0.29, 0.717) is 86.9 Å². The van der Waals surface area contributed by atoms with Crippen LogP contribution in [0.15, 0.2) is 66.9 Å². The number of halogens is 9. The van der Waals surface area contributed by atoms with Gasteiger partial charge < -0.3 is 47.8 Å². The summed E-state index contributed by atoms with van der Waals surface area (Å²) in [4.78, 5) is 97.0. The predicted octanol–water partition coefficient (Wildman–Crippen LogP) is 14.9. The molecule has 0 unspecified atom stereocenters. The molecule has 2 amide bonds. The van der Waals surface area contributed by atoms with E-state index in [0.717, 1.165) is 54.7 Å². The number of alkyl halides is 6. The summed E-state index contributed by atoms with van der Waals surface area (Å²) in [5, 5.41) is 27.3. The van der Waals surface area contributed by atoms with Crippen molar-refractivity contribution in [1.29, 1.82) is 0 Å². The number of anilines is 2. The van der Waals surface area contributed by atoms with E-state index in [4.69, 9.17) is 55.9 Å². The van der Waals surface area contributed by atoms with Crippen molar-refractivity contribution in [2.45, 2.75) is 258 Å². The Labute approximate surface area is 639 Å². The molecule has 2 N–H and O–H groups in total. The monoisotopic (exact) mass is 1580 g/mol. The van der Waals surface area contributed by atoms with E-state index in [2.05, 4.69) is 56.7 Å². The highest BCUT2D eigenvalue weighted by Gasteiger charge is 2.44. The van der Waals surface area contributed by atoms with E-state index >= 15 is 0 Å². The van der Waals surface area contributed by atoms with E-state index in [1.807, 2.05) is 95.2 Å². The van der Waals surface area contributed by atoms with Gasteiger partial charge in [-0.1, -0.05) is 127 Å². The van der Waals surface area contributed by atoms with Crippen molar-refractivity contribution in [3.63, 3.8) is 0 Å². The molecule has 108 heavy (non-hydrogen) atoms. The number of aliphatic carboxylic acids is 1. The maximum atomic E-state index is 12.7. The van der Waals surface area contributed by atoms with E-state index < -0.39 is 77.0 Å². The number of nitrogens with one attached hydrogen (secondary N) is 1. The molecular formula is C74H98Cl3F6N11O14. The summed E-state index contributed by atoms with van der Waals surface area (Å²) in [5.41, 5.74) is -1.19. The fourth-order valence-corrected chi connectivity index (χ4v) is 11.3. The lowest BCUT2D eigenvalue weighted by Crippen LogP contribution is -2.56. The van der Waals surface area contributed by atoms with Gasteiger partial charge in [-0.15, -0.1) is 12.4 Å². The number of hydrogen-bond acceptors (Lipinski definition) is 22. The fraction of sp³-hybridized carbons (Fsp3) is 0.608. The maximum Gasteiger partial charge on any atom is 0.417 e. The molecule has 0 spiro atoms. The molecule has 6 aromatic rings. The first-order chi connectivity index (χ1) is 49.2. The average molecular weight is 1590 g/mol. The average Bonchev–Trinajstić information content (AvgIpc) is 0.877. The van der Waals surface area contributed by atoms with Gasteiger partial charge in [0.25, 0.3) is 0 Å². The second kappa shape index (κ2) is 34.8. The third-order valence-electron chi connectivity index (χ3n) is 17.4. The Morgan fingerprint density at radius 1 is 0.454 bits per heavy atom. The molecular weight excluding hydrogens is 1490 g/mol. The number of carboxylic acid groups (broad SMARTS) is 1. The fourth-order valence-electron chi connectivity index (χ4n) is 10.7. The summed E-state index contributed by atoms with van der Waals surface area (Å²) in [6, 6.07) is 6.82. The maximum absolute atomic E-state index is 12.7. The van der Waals surface area contributed by atoms with Crippen LogP contribution in [0.5, 0.6) is 0 Å². The van der Waals surface area contributed by atoms with Gasteiger partial charge in [-0.2, -0.15) is 26.3 Å². The topological polar surface area (TPSA) is 313 Å². The number of hydrogen-bond donors (Lipinski definition) is 2. The van der Waals surface area contributed by atoms with Gasteiger partial charge in [0.1, 0.15) is 51.9 Å². The van der Waals surface area contributed by atoms with Crippen LogP contribution in [0.4, 0.5) is 47.6 Å². The van der Waals surface area contributed by atoms with Crippen LogP contribution in [0.25, 0.3) is 0 Å². The molecule has 5 saturated heterocycles. The molecule has 6 aromatic heterocycles. The predicted molar refractivity (Wildman–Crippen MR) is 390 cm³/mol. The number of amides is 2. The Morgan fingerprint density at radius 2 is 0.741 bits per heavy atom. The zero-order chi connectivity index (χ0) is 80.1. The van der Waals surface area contributed by atoms with Crippen molar-refractivity contribution in [1.82, 2.24) is 45.7 Å². The van der Waals surface area contributed by atoms with Gasteiger partial charge in [-0.05, 0) is 92.3 Å². The largest absolute Gasteiger partial charge is 0.480 e. The van der Waals surface area contributed by atoms with Crippen molar-refractivity contribution >= 4 is 88.5 Å². The van der Waals surface area contributed by atoms with E-state index in [1.165, 1.54) is 9.80 Å². The van der Waals surface area contributed by atoms with Crippen LogP contribution in [-0.2, 0) is 93.1 Å². The van der Waals surface area contributed by atoms with E-state index in [-0.39, 0.29) is 104 Å². The Hall–Kier alpha value is -8.16. The van der Waals surface area contributed by atoms with Gasteiger partial charge in [0.2, 0.25) is 0 Å². The summed E-state index contributed by atoms with van der Waals surface area (Å²) >= 11 is 12.0. The minimum absolute atomic E-state index is 0. The molecule has 11 rings (SSSR count). The minimum atomic E-state index is -4.52. The smallest absolute Gasteiger partial charge is 0.417 e. The Morgan fingerprint density at radius 3 is 0.954 bits per heavy atom. The quantitative estimate of drug-likeness (QED) is 0.0902. The third-order valence-corrected chi connectivity index (χ3v) is 18.0. The lowest BCUT2D eigenvalue weighted by atomic mass is 9.92. The zero-order valence-corrected chi connectivity index (χ0v) is 66.4. The van der Waals surface area contributed by atoms with Crippen molar-refractivity contribution in [2.24, 2.45) is 0 Å². The lowest BCUT2D eigenvalue weighted by Gasteiger charge is -2.41. The number of carboxylic acids is 1. The van der Waals surface area contributed by atoms with Gasteiger partial charge in [-0.25, -0.2) is 24.4 Å². The Balaban J connectivity index is 0.000000215. The highest BCUT2D eigenvalue weighted by molar-refractivity contribution is 6.33. The van der Waals surface area contributed by atoms with Crippen molar-refractivity contribution in [3.05, 3.63) is 116 Å². The van der Waals surface area contributed by atoms with Crippen LogP contribution in [0, 0.1) is 0 Å². The number of likely N-dealkylation sites (tertiary alicyclic amines) is 2. The molecule has 0 radical (unpaired) electrons. The van der Waals surface area contributed by atoms with Crippen molar-refractivity contribution in [2.75, 3.05) is 42.5 Å². The highest BCUT2D eigenvalue weighted by atomic mass is 35.5. The summed E-state index contributed by atoms with van der Waals surface area (Å²) in [5.74, 6) is 2.31. The highest BCUT2D eigenvalue weighted by Crippen LogP contribution is 2.40. The third kappa shape index (κ3) is 24.4. The number of rotatable bonds is 15. The van der Waals surface area contributed by atoms with Crippen LogP contribution in [0.3, 0.4) is 0 Å².